The maximum Gasteiger partial charge on any atom is 0.149 e. The molecule has 0 bridgehead atoms. The average molecular weight is 233 g/mol. The van der Waals surface area contributed by atoms with Crippen LogP contribution >= 0.6 is 0 Å². The molecule has 3 N–H and O–H groups in total. The number of aryl methyl sites for hydroxylation is 2. The van der Waals surface area contributed by atoms with E-state index in [2.05, 4.69) is 17.3 Å². The quantitative estimate of drug-likeness (QED) is 0.633. The van der Waals surface area contributed by atoms with Gasteiger partial charge in [0, 0.05) is 11.1 Å². The lowest BCUT2D eigenvalue weighted by molar-refractivity contribution is 0.635. The molecule has 1 aromatic carbocycles. The van der Waals surface area contributed by atoms with E-state index in [-0.39, 0.29) is 5.82 Å². The molecule has 1 heterocycles. The zero-order valence-electron chi connectivity index (χ0n) is 10.0. The van der Waals surface area contributed by atoms with Crippen LogP contribution in [-0.2, 0) is 6.42 Å². The van der Waals surface area contributed by atoms with Crippen molar-refractivity contribution in [3.05, 3.63) is 35.3 Å². The fourth-order valence-electron chi connectivity index (χ4n) is 1.98. The molecular formula is C13H16FN3. The molecule has 0 saturated heterocycles. The van der Waals surface area contributed by atoms with Crippen molar-refractivity contribution in [2.24, 2.45) is 5.84 Å². The number of rotatable bonds is 3. The van der Waals surface area contributed by atoms with E-state index in [0.29, 0.717) is 5.52 Å². The molecule has 2 aromatic rings. The monoisotopic (exact) mass is 233 g/mol. The SMILES string of the molecule is CCCc1cc(NN)c2cc(C)cc(F)c2n1. The minimum atomic E-state index is -0.297. The van der Waals surface area contributed by atoms with Crippen molar-refractivity contribution in [1.82, 2.24) is 4.98 Å². The summed E-state index contributed by atoms with van der Waals surface area (Å²) in [5.41, 5.74) is 5.44. The maximum absolute atomic E-state index is 13.9. The van der Waals surface area contributed by atoms with Gasteiger partial charge in [0.25, 0.3) is 0 Å². The third-order valence-electron chi connectivity index (χ3n) is 2.73. The van der Waals surface area contributed by atoms with Crippen molar-refractivity contribution < 1.29 is 4.39 Å². The van der Waals surface area contributed by atoms with Crippen LogP contribution in [0.25, 0.3) is 10.9 Å². The molecule has 0 aliphatic rings. The standard InChI is InChI=1S/C13H16FN3/c1-3-4-9-7-12(17-15)10-5-8(2)6-11(14)13(10)16-9/h5-7H,3-4,15H2,1-2H3,(H,16,17). The Labute approximate surface area is 99.8 Å². The summed E-state index contributed by atoms with van der Waals surface area (Å²) in [6, 6.07) is 5.26. The number of hydrogen-bond acceptors (Lipinski definition) is 3. The topological polar surface area (TPSA) is 50.9 Å². The van der Waals surface area contributed by atoms with E-state index in [9.17, 15) is 4.39 Å². The minimum absolute atomic E-state index is 0.297. The highest BCUT2D eigenvalue weighted by atomic mass is 19.1. The van der Waals surface area contributed by atoms with Crippen LogP contribution in [0.15, 0.2) is 18.2 Å². The van der Waals surface area contributed by atoms with Gasteiger partial charge >= 0.3 is 0 Å². The van der Waals surface area contributed by atoms with Crippen LogP contribution in [0.5, 0.6) is 0 Å². The molecule has 17 heavy (non-hydrogen) atoms. The molecule has 2 rings (SSSR count). The van der Waals surface area contributed by atoms with Crippen molar-refractivity contribution in [3.8, 4) is 0 Å². The number of hydrogen-bond donors (Lipinski definition) is 2. The van der Waals surface area contributed by atoms with E-state index >= 15 is 0 Å². The first-order valence-electron chi connectivity index (χ1n) is 5.72. The Morgan fingerprint density at radius 3 is 2.76 bits per heavy atom. The molecule has 0 radical (unpaired) electrons. The summed E-state index contributed by atoms with van der Waals surface area (Å²) in [6.45, 7) is 3.91. The number of nitrogens with one attached hydrogen (secondary N) is 1. The van der Waals surface area contributed by atoms with E-state index in [1.165, 1.54) is 6.07 Å². The van der Waals surface area contributed by atoms with Crippen molar-refractivity contribution in [2.75, 3.05) is 5.43 Å². The van der Waals surface area contributed by atoms with E-state index in [1.54, 1.807) is 0 Å². The zero-order valence-corrected chi connectivity index (χ0v) is 10.0. The first-order valence-corrected chi connectivity index (χ1v) is 5.72. The molecular weight excluding hydrogens is 217 g/mol. The van der Waals surface area contributed by atoms with Gasteiger partial charge in [-0.05, 0) is 37.1 Å². The van der Waals surface area contributed by atoms with Crippen LogP contribution in [0.2, 0.25) is 0 Å². The minimum Gasteiger partial charge on any atom is -0.323 e. The summed E-state index contributed by atoms with van der Waals surface area (Å²) in [6.07, 6.45) is 1.79. The molecule has 1 aromatic heterocycles. The second-order valence-corrected chi connectivity index (χ2v) is 4.20. The molecule has 0 fully saturated rings. The van der Waals surface area contributed by atoms with Gasteiger partial charge in [0.05, 0.1) is 5.69 Å². The highest BCUT2D eigenvalue weighted by Crippen LogP contribution is 2.26. The summed E-state index contributed by atoms with van der Waals surface area (Å²) in [7, 11) is 0. The maximum atomic E-state index is 13.9. The van der Waals surface area contributed by atoms with Crippen molar-refractivity contribution in [1.29, 1.82) is 0 Å². The summed E-state index contributed by atoms with van der Waals surface area (Å²) >= 11 is 0. The van der Waals surface area contributed by atoms with E-state index in [1.807, 2.05) is 19.1 Å². The summed E-state index contributed by atoms with van der Waals surface area (Å²) < 4.78 is 13.9. The number of nitrogen functional groups attached to an aromatic ring is 1. The second-order valence-electron chi connectivity index (χ2n) is 4.20. The number of pyridine rings is 1. The number of halogens is 1. The van der Waals surface area contributed by atoms with Crippen molar-refractivity contribution >= 4 is 16.6 Å². The smallest absolute Gasteiger partial charge is 0.149 e. The number of nitrogens with two attached hydrogens (primary N) is 1. The molecule has 0 atom stereocenters. The fraction of sp³-hybridized carbons (Fsp3) is 0.308. The van der Waals surface area contributed by atoms with Gasteiger partial charge in [-0.25, -0.2) is 9.37 Å². The third-order valence-corrected chi connectivity index (χ3v) is 2.73. The van der Waals surface area contributed by atoms with Gasteiger partial charge < -0.3 is 5.43 Å². The normalized spacial score (nSPS) is 10.8. The second kappa shape index (κ2) is 4.67. The summed E-state index contributed by atoms with van der Waals surface area (Å²) in [4.78, 5) is 4.34. The van der Waals surface area contributed by atoms with E-state index in [4.69, 9.17) is 5.84 Å². The number of fused-ring (bicyclic) bond motifs is 1. The van der Waals surface area contributed by atoms with Gasteiger partial charge in [0.2, 0.25) is 0 Å². The highest BCUT2D eigenvalue weighted by molar-refractivity contribution is 5.92. The van der Waals surface area contributed by atoms with Gasteiger partial charge in [-0.1, -0.05) is 13.3 Å². The summed E-state index contributed by atoms with van der Waals surface area (Å²) in [5.74, 6) is 5.18. The molecule has 4 heteroatoms. The van der Waals surface area contributed by atoms with E-state index in [0.717, 1.165) is 35.2 Å². The first-order chi connectivity index (χ1) is 8.15. The first kappa shape index (κ1) is 11.8. The van der Waals surface area contributed by atoms with Crippen LogP contribution < -0.4 is 11.3 Å². The van der Waals surface area contributed by atoms with Crippen LogP contribution in [0, 0.1) is 12.7 Å². The zero-order chi connectivity index (χ0) is 12.4. The van der Waals surface area contributed by atoms with Crippen LogP contribution in [0.4, 0.5) is 10.1 Å². The Balaban J connectivity index is 2.73. The fourth-order valence-corrected chi connectivity index (χ4v) is 1.98. The molecule has 0 aliphatic carbocycles. The molecule has 0 unspecified atom stereocenters. The Morgan fingerprint density at radius 2 is 2.12 bits per heavy atom. The number of nitrogens with zero attached hydrogens (tertiary/aromatic N) is 1. The number of aromatic nitrogens is 1. The predicted molar refractivity (Wildman–Crippen MR) is 68.2 cm³/mol. The Hall–Kier alpha value is -1.68. The van der Waals surface area contributed by atoms with Crippen molar-refractivity contribution in [3.63, 3.8) is 0 Å². The van der Waals surface area contributed by atoms with Gasteiger partial charge in [-0.3, -0.25) is 5.84 Å². The van der Waals surface area contributed by atoms with Gasteiger partial charge in [0.15, 0.2) is 0 Å². The van der Waals surface area contributed by atoms with Crippen LogP contribution in [0.1, 0.15) is 24.6 Å². The third kappa shape index (κ3) is 2.22. The molecule has 0 amide bonds. The predicted octanol–water partition coefficient (Wildman–Crippen LogP) is 2.92. The van der Waals surface area contributed by atoms with Gasteiger partial charge in [-0.15, -0.1) is 0 Å². The largest absolute Gasteiger partial charge is 0.323 e. The molecule has 90 valence electrons. The molecule has 0 spiro atoms. The number of hydrazine groups is 1. The number of benzene rings is 1. The van der Waals surface area contributed by atoms with Crippen LogP contribution in [-0.4, -0.2) is 4.98 Å². The lowest BCUT2D eigenvalue weighted by Gasteiger charge is -2.10. The van der Waals surface area contributed by atoms with E-state index < -0.39 is 0 Å². The van der Waals surface area contributed by atoms with Crippen molar-refractivity contribution in [2.45, 2.75) is 26.7 Å². The number of anilines is 1. The Morgan fingerprint density at radius 1 is 1.35 bits per heavy atom. The molecule has 0 saturated carbocycles. The Bertz CT molecular complexity index is 552. The molecule has 3 nitrogen and oxygen atoms in total. The van der Waals surface area contributed by atoms with Gasteiger partial charge in [-0.2, -0.15) is 0 Å². The lowest BCUT2D eigenvalue weighted by atomic mass is 10.1. The summed E-state index contributed by atoms with van der Waals surface area (Å²) in [5, 5.41) is 0.727. The Kier molecular flexibility index (Phi) is 3.24. The van der Waals surface area contributed by atoms with Crippen LogP contribution in [0.3, 0.4) is 0 Å². The molecule has 0 aliphatic heterocycles. The lowest BCUT2D eigenvalue weighted by Crippen LogP contribution is -2.09. The van der Waals surface area contributed by atoms with Gasteiger partial charge in [0.1, 0.15) is 11.3 Å². The highest BCUT2D eigenvalue weighted by Gasteiger charge is 2.09. The average Bonchev–Trinajstić information content (AvgIpc) is 2.29.